The Morgan fingerprint density at radius 1 is 1.19 bits per heavy atom. The molecule has 31 heavy (non-hydrogen) atoms. The summed E-state index contributed by atoms with van der Waals surface area (Å²) in [5.41, 5.74) is 6.03. The molecule has 0 aromatic heterocycles. The maximum absolute atomic E-state index is 14.1. The van der Waals surface area contributed by atoms with Gasteiger partial charge in [-0.25, -0.2) is 13.6 Å². The van der Waals surface area contributed by atoms with Gasteiger partial charge in [-0.15, -0.1) is 0 Å². The molecule has 4 rings (SSSR count). The van der Waals surface area contributed by atoms with Gasteiger partial charge in [-0.3, -0.25) is 0 Å². The number of amides is 1. The first kappa shape index (κ1) is 22.5. The highest BCUT2D eigenvalue weighted by Crippen LogP contribution is 2.36. The van der Waals surface area contributed by atoms with Crippen molar-refractivity contribution in [3.63, 3.8) is 0 Å². The topological polar surface area (TPSA) is 64.8 Å². The molecule has 1 heterocycles. The second-order valence-electron chi connectivity index (χ2n) is 9.58. The SMILES string of the molecule is NC1CCN(C(=O)OCC2(F)CCC2)CC1COC1CCC(c2cccc(F)c2)CC1. The van der Waals surface area contributed by atoms with Crippen LogP contribution in [0.5, 0.6) is 0 Å². The molecule has 2 unspecified atom stereocenters. The van der Waals surface area contributed by atoms with E-state index in [2.05, 4.69) is 0 Å². The van der Waals surface area contributed by atoms with E-state index >= 15 is 0 Å². The Hall–Kier alpha value is -1.73. The molecule has 0 bridgehead atoms. The van der Waals surface area contributed by atoms with Crippen LogP contribution < -0.4 is 5.73 Å². The Morgan fingerprint density at radius 2 is 1.97 bits per heavy atom. The molecule has 2 aliphatic carbocycles. The lowest BCUT2D eigenvalue weighted by Gasteiger charge is -2.38. The van der Waals surface area contributed by atoms with Crippen molar-refractivity contribution in [2.75, 3.05) is 26.3 Å². The maximum atomic E-state index is 14.1. The third-order valence-electron chi connectivity index (χ3n) is 7.30. The second kappa shape index (κ2) is 9.82. The number of likely N-dealkylation sites (tertiary alicyclic amines) is 1. The molecule has 0 radical (unpaired) electrons. The van der Waals surface area contributed by atoms with E-state index in [1.165, 1.54) is 6.07 Å². The molecule has 1 amide bonds. The summed E-state index contributed by atoms with van der Waals surface area (Å²) in [5.74, 6) is 0.247. The molecule has 1 aromatic rings. The van der Waals surface area contributed by atoms with E-state index in [4.69, 9.17) is 15.2 Å². The molecule has 0 spiro atoms. The predicted molar refractivity (Wildman–Crippen MR) is 114 cm³/mol. The minimum Gasteiger partial charge on any atom is -0.446 e. The highest BCUT2D eigenvalue weighted by molar-refractivity contribution is 5.67. The maximum Gasteiger partial charge on any atom is 0.409 e. The van der Waals surface area contributed by atoms with Crippen LogP contribution in [0.3, 0.4) is 0 Å². The fraction of sp³-hybridized carbons (Fsp3) is 0.708. The van der Waals surface area contributed by atoms with Crippen molar-refractivity contribution in [1.29, 1.82) is 0 Å². The third kappa shape index (κ3) is 5.75. The van der Waals surface area contributed by atoms with E-state index in [0.29, 0.717) is 44.9 Å². The summed E-state index contributed by atoms with van der Waals surface area (Å²) in [6.45, 7) is 1.38. The fourth-order valence-corrected chi connectivity index (χ4v) is 4.96. The first-order valence-corrected chi connectivity index (χ1v) is 11.7. The van der Waals surface area contributed by atoms with Gasteiger partial charge in [-0.05, 0) is 75.0 Å². The lowest BCUT2D eigenvalue weighted by Crippen LogP contribution is -2.51. The van der Waals surface area contributed by atoms with E-state index in [9.17, 15) is 13.6 Å². The van der Waals surface area contributed by atoms with Crippen LogP contribution in [0, 0.1) is 11.7 Å². The first-order chi connectivity index (χ1) is 14.9. The van der Waals surface area contributed by atoms with Crippen LogP contribution in [0.15, 0.2) is 24.3 Å². The predicted octanol–water partition coefficient (Wildman–Crippen LogP) is 4.55. The number of halogens is 2. The monoisotopic (exact) mass is 436 g/mol. The number of ether oxygens (including phenoxy) is 2. The van der Waals surface area contributed by atoms with E-state index in [1.807, 2.05) is 6.07 Å². The van der Waals surface area contributed by atoms with E-state index in [0.717, 1.165) is 37.7 Å². The lowest BCUT2D eigenvalue weighted by molar-refractivity contribution is -0.0313. The summed E-state index contributed by atoms with van der Waals surface area (Å²) in [5, 5.41) is 0. The molecular formula is C24H34F2N2O3. The van der Waals surface area contributed by atoms with E-state index in [-0.39, 0.29) is 30.5 Å². The number of carbonyl (C=O) groups excluding carboxylic acids is 1. The van der Waals surface area contributed by atoms with Crippen molar-refractivity contribution in [2.24, 2.45) is 11.7 Å². The van der Waals surface area contributed by atoms with Crippen molar-refractivity contribution in [2.45, 2.75) is 75.1 Å². The van der Waals surface area contributed by atoms with Crippen molar-refractivity contribution in [3.05, 3.63) is 35.6 Å². The van der Waals surface area contributed by atoms with Gasteiger partial charge in [0.15, 0.2) is 0 Å². The van der Waals surface area contributed by atoms with Crippen molar-refractivity contribution >= 4 is 6.09 Å². The summed E-state index contributed by atoms with van der Waals surface area (Å²) in [6, 6.07) is 6.86. The number of alkyl halides is 1. The van der Waals surface area contributed by atoms with Crippen LogP contribution >= 0.6 is 0 Å². The number of hydrogen-bond acceptors (Lipinski definition) is 4. The van der Waals surface area contributed by atoms with E-state index < -0.39 is 11.8 Å². The van der Waals surface area contributed by atoms with Crippen molar-refractivity contribution in [3.8, 4) is 0 Å². The zero-order chi connectivity index (χ0) is 21.8. The van der Waals surface area contributed by atoms with Gasteiger partial charge < -0.3 is 20.1 Å². The second-order valence-corrected chi connectivity index (χ2v) is 9.58. The Balaban J connectivity index is 1.20. The highest BCUT2D eigenvalue weighted by Gasteiger charge is 2.39. The molecule has 7 heteroatoms. The Morgan fingerprint density at radius 3 is 2.65 bits per heavy atom. The van der Waals surface area contributed by atoms with Crippen molar-refractivity contribution < 1.29 is 23.0 Å². The number of benzene rings is 1. The van der Waals surface area contributed by atoms with Crippen molar-refractivity contribution in [1.82, 2.24) is 4.90 Å². The molecule has 2 atom stereocenters. The highest BCUT2D eigenvalue weighted by atomic mass is 19.1. The molecule has 172 valence electrons. The Bertz CT molecular complexity index is 750. The lowest BCUT2D eigenvalue weighted by atomic mass is 9.82. The minimum absolute atomic E-state index is 0.0215. The minimum atomic E-state index is -1.32. The molecule has 1 saturated heterocycles. The Labute approximate surface area is 183 Å². The quantitative estimate of drug-likeness (QED) is 0.711. The molecule has 3 fully saturated rings. The normalized spacial score (nSPS) is 30.5. The number of hydrogen-bond donors (Lipinski definition) is 1. The summed E-state index contributed by atoms with van der Waals surface area (Å²) < 4.78 is 39.0. The summed E-state index contributed by atoms with van der Waals surface area (Å²) in [4.78, 5) is 14.0. The zero-order valence-corrected chi connectivity index (χ0v) is 18.1. The first-order valence-electron chi connectivity index (χ1n) is 11.7. The number of carbonyl (C=O) groups is 1. The Kier molecular flexibility index (Phi) is 7.12. The molecule has 2 N–H and O–H groups in total. The molecule has 3 aliphatic rings. The van der Waals surface area contributed by atoms with Crippen LogP contribution in [0.25, 0.3) is 0 Å². The van der Waals surface area contributed by atoms with Crippen LogP contribution in [-0.4, -0.2) is 55.1 Å². The van der Waals surface area contributed by atoms with Gasteiger partial charge in [0.25, 0.3) is 0 Å². The third-order valence-corrected chi connectivity index (χ3v) is 7.30. The van der Waals surface area contributed by atoms with Crippen LogP contribution in [0.4, 0.5) is 13.6 Å². The summed E-state index contributed by atoms with van der Waals surface area (Å²) in [7, 11) is 0. The number of nitrogens with zero attached hydrogens (tertiary/aromatic N) is 1. The van der Waals surface area contributed by atoms with Crippen LogP contribution in [0.1, 0.15) is 62.8 Å². The number of piperidine rings is 1. The average molecular weight is 437 g/mol. The fourth-order valence-electron chi connectivity index (χ4n) is 4.96. The summed E-state index contributed by atoms with van der Waals surface area (Å²) in [6.07, 6.45) is 6.06. The summed E-state index contributed by atoms with van der Waals surface area (Å²) >= 11 is 0. The van der Waals surface area contributed by atoms with Gasteiger partial charge in [-0.1, -0.05) is 12.1 Å². The average Bonchev–Trinajstić information content (AvgIpc) is 2.76. The van der Waals surface area contributed by atoms with Crippen LogP contribution in [0.2, 0.25) is 0 Å². The van der Waals surface area contributed by atoms with Gasteiger partial charge in [-0.2, -0.15) is 0 Å². The van der Waals surface area contributed by atoms with Gasteiger partial charge in [0.1, 0.15) is 18.1 Å². The standard InChI is InChI=1S/C24H34F2N2O3/c25-20-4-1-3-18(13-20)17-5-7-21(8-6-17)30-15-19-14-28(12-9-22(19)27)23(29)31-16-24(26)10-2-11-24/h1,3-4,13,17,19,21-22H,2,5-12,14-16,27H2. The smallest absolute Gasteiger partial charge is 0.409 e. The largest absolute Gasteiger partial charge is 0.446 e. The molecule has 1 aliphatic heterocycles. The number of nitrogens with two attached hydrogens (primary N) is 1. The van der Waals surface area contributed by atoms with Crippen LogP contribution in [-0.2, 0) is 9.47 Å². The van der Waals surface area contributed by atoms with E-state index in [1.54, 1.807) is 17.0 Å². The van der Waals surface area contributed by atoms with Gasteiger partial charge >= 0.3 is 6.09 Å². The van der Waals surface area contributed by atoms with Gasteiger partial charge in [0.05, 0.1) is 12.7 Å². The van der Waals surface area contributed by atoms with Gasteiger partial charge in [0.2, 0.25) is 0 Å². The molecule has 5 nitrogen and oxygen atoms in total. The molecule has 1 aromatic carbocycles. The number of rotatable bonds is 6. The molecule has 2 saturated carbocycles. The van der Waals surface area contributed by atoms with Gasteiger partial charge in [0, 0.05) is 25.0 Å². The molecular weight excluding hydrogens is 402 g/mol. The zero-order valence-electron chi connectivity index (χ0n) is 18.1.